The lowest BCUT2D eigenvalue weighted by Gasteiger charge is -2.13. The molecule has 166 valence electrons. The molecule has 0 bridgehead atoms. The van der Waals surface area contributed by atoms with E-state index in [1.54, 1.807) is 37.4 Å². The maximum absolute atomic E-state index is 12.8. The Labute approximate surface area is 198 Å². The third kappa shape index (κ3) is 5.41. The first-order valence-corrected chi connectivity index (χ1v) is 11.2. The van der Waals surface area contributed by atoms with Crippen LogP contribution in [0.15, 0.2) is 63.4 Å². The summed E-state index contributed by atoms with van der Waals surface area (Å²) in [5, 5.41) is 9.52. The maximum atomic E-state index is 12.8. The van der Waals surface area contributed by atoms with E-state index in [-0.39, 0.29) is 11.5 Å². The van der Waals surface area contributed by atoms with Crippen LogP contribution in [0.2, 0.25) is 0 Å². The molecule has 7 nitrogen and oxygen atoms in total. The predicted molar refractivity (Wildman–Crippen MR) is 130 cm³/mol. The largest absolute Gasteiger partial charge is 0.490 e. The molecule has 0 radical (unpaired) electrons. The van der Waals surface area contributed by atoms with E-state index < -0.39 is 5.97 Å². The fourth-order valence-corrected chi connectivity index (χ4v) is 4.19. The number of amides is 1. The molecule has 1 heterocycles. The fraction of sp³-hybridized carbons (Fsp3) is 0.174. The minimum Gasteiger partial charge on any atom is -0.490 e. The van der Waals surface area contributed by atoms with Gasteiger partial charge < -0.3 is 14.6 Å². The lowest BCUT2D eigenvalue weighted by Crippen LogP contribution is -2.23. The number of hydrogen-bond donors (Lipinski definition) is 1. The van der Waals surface area contributed by atoms with Crippen LogP contribution < -0.4 is 9.47 Å². The number of benzene rings is 2. The summed E-state index contributed by atoms with van der Waals surface area (Å²) < 4.78 is 12.1. The molecular formula is C23H21BrN2O5S. The molecule has 0 atom stereocenters. The summed E-state index contributed by atoms with van der Waals surface area (Å²) in [6.45, 7) is 6.35. The molecule has 1 aliphatic rings. The molecule has 0 aromatic heterocycles. The van der Waals surface area contributed by atoms with Crippen molar-refractivity contribution in [2.24, 2.45) is 4.99 Å². The number of carboxylic acid groups (broad SMARTS) is 1. The molecule has 2 aromatic carbocycles. The van der Waals surface area contributed by atoms with Crippen LogP contribution in [-0.4, -0.2) is 47.3 Å². The lowest BCUT2D eigenvalue weighted by molar-refractivity contribution is -0.121. The van der Waals surface area contributed by atoms with Crippen LogP contribution >= 0.6 is 27.7 Å². The summed E-state index contributed by atoms with van der Waals surface area (Å²) in [5.41, 5.74) is 1.49. The van der Waals surface area contributed by atoms with E-state index in [4.69, 9.17) is 14.6 Å². The van der Waals surface area contributed by atoms with E-state index in [1.165, 1.54) is 28.8 Å². The highest BCUT2D eigenvalue weighted by Gasteiger charge is 2.30. The van der Waals surface area contributed by atoms with E-state index in [1.807, 2.05) is 13.0 Å². The van der Waals surface area contributed by atoms with Gasteiger partial charge in [0.05, 0.1) is 22.8 Å². The third-order valence-corrected chi connectivity index (χ3v) is 6.10. The van der Waals surface area contributed by atoms with E-state index in [9.17, 15) is 9.59 Å². The number of carbonyl (C=O) groups excluding carboxylic acids is 1. The minimum absolute atomic E-state index is 0.175. The quantitative estimate of drug-likeness (QED) is 0.376. The van der Waals surface area contributed by atoms with Crippen molar-refractivity contribution < 1.29 is 24.2 Å². The van der Waals surface area contributed by atoms with Crippen molar-refractivity contribution in [2.75, 3.05) is 20.3 Å². The normalized spacial score (nSPS) is 16.0. The number of thioether (sulfide) groups is 1. The number of rotatable bonds is 8. The number of aliphatic imine (C=N–C) groups is 1. The molecule has 1 fully saturated rings. The molecule has 0 spiro atoms. The van der Waals surface area contributed by atoms with Gasteiger partial charge in [-0.05, 0) is 66.7 Å². The summed E-state index contributed by atoms with van der Waals surface area (Å²) in [6.07, 6.45) is 3.42. The number of nitrogens with zero attached hydrogens (tertiary/aromatic N) is 2. The highest BCUT2D eigenvalue weighted by molar-refractivity contribution is 9.10. The van der Waals surface area contributed by atoms with Gasteiger partial charge in [0.1, 0.15) is 6.61 Å². The number of carbonyl (C=O) groups is 2. The first-order chi connectivity index (χ1) is 15.3. The van der Waals surface area contributed by atoms with Crippen molar-refractivity contribution in [3.8, 4) is 11.5 Å². The molecule has 0 saturated carbocycles. The van der Waals surface area contributed by atoms with Crippen molar-refractivity contribution in [3.63, 3.8) is 0 Å². The maximum Gasteiger partial charge on any atom is 0.335 e. The van der Waals surface area contributed by atoms with Crippen molar-refractivity contribution >= 4 is 56.5 Å². The van der Waals surface area contributed by atoms with Gasteiger partial charge in [0, 0.05) is 11.5 Å². The fourth-order valence-electron chi connectivity index (χ4n) is 2.77. The van der Waals surface area contributed by atoms with Crippen LogP contribution in [-0.2, 0) is 4.79 Å². The van der Waals surface area contributed by atoms with Gasteiger partial charge in [0.2, 0.25) is 0 Å². The Hall–Kier alpha value is -3.04. The van der Waals surface area contributed by atoms with E-state index >= 15 is 0 Å². The topological polar surface area (TPSA) is 88.4 Å². The highest BCUT2D eigenvalue weighted by atomic mass is 79.9. The van der Waals surface area contributed by atoms with Gasteiger partial charge >= 0.3 is 5.97 Å². The van der Waals surface area contributed by atoms with Crippen LogP contribution in [0.3, 0.4) is 0 Å². The summed E-state index contributed by atoms with van der Waals surface area (Å²) in [7, 11) is 1.65. The van der Waals surface area contributed by atoms with E-state index in [2.05, 4.69) is 27.5 Å². The van der Waals surface area contributed by atoms with Gasteiger partial charge in [-0.3, -0.25) is 9.69 Å². The first kappa shape index (κ1) is 23.6. The SMILES string of the molecule is C=CCOc1cc(Br)c(/C=C2\SC(=Nc3ccc(C(=O)O)cc3)N(C)C2=O)cc1OCC. The molecule has 32 heavy (non-hydrogen) atoms. The van der Waals surface area contributed by atoms with Gasteiger partial charge in [-0.25, -0.2) is 9.79 Å². The molecule has 1 saturated heterocycles. The molecule has 2 aromatic rings. The highest BCUT2D eigenvalue weighted by Crippen LogP contribution is 2.38. The zero-order chi connectivity index (χ0) is 23.3. The number of aromatic carboxylic acids is 1. The molecule has 1 aliphatic heterocycles. The van der Waals surface area contributed by atoms with Crippen LogP contribution in [0.4, 0.5) is 5.69 Å². The smallest absolute Gasteiger partial charge is 0.335 e. The zero-order valence-corrected chi connectivity index (χ0v) is 19.9. The number of hydrogen-bond acceptors (Lipinski definition) is 6. The molecule has 1 amide bonds. The van der Waals surface area contributed by atoms with Gasteiger partial charge in [0.15, 0.2) is 16.7 Å². The van der Waals surface area contributed by atoms with Crippen LogP contribution in [0, 0.1) is 0 Å². The molecule has 3 rings (SSSR count). The monoisotopic (exact) mass is 516 g/mol. The number of ether oxygens (including phenoxy) is 2. The number of halogens is 1. The van der Waals surface area contributed by atoms with Gasteiger partial charge in [-0.15, -0.1) is 0 Å². The summed E-state index contributed by atoms with van der Waals surface area (Å²) in [6, 6.07) is 9.76. The lowest BCUT2D eigenvalue weighted by atomic mass is 10.2. The summed E-state index contributed by atoms with van der Waals surface area (Å²) in [4.78, 5) is 30.2. The Bertz CT molecular complexity index is 1110. The Morgan fingerprint density at radius 1 is 1.25 bits per heavy atom. The number of amidine groups is 1. The molecule has 9 heteroatoms. The second-order valence-corrected chi connectivity index (χ2v) is 8.44. The van der Waals surface area contributed by atoms with Crippen LogP contribution in [0.25, 0.3) is 6.08 Å². The standard InChI is InChI=1S/C23H21BrN2O5S/c1-4-10-31-19-13-17(24)15(11-18(19)30-5-2)12-20-21(27)26(3)23(32-20)25-16-8-6-14(7-9-16)22(28)29/h4,6-9,11-13H,1,5,10H2,2-3H3,(H,28,29)/b20-12-,25-23?. The Kier molecular flexibility index (Phi) is 7.76. The summed E-state index contributed by atoms with van der Waals surface area (Å²) >= 11 is 4.77. The van der Waals surface area contributed by atoms with Gasteiger partial charge in [-0.2, -0.15) is 0 Å². The van der Waals surface area contributed by atoms with E-state index in [0.29, 0.717) is 40.5 Å². The van der Waals surface area contributed by atoms with Crippen molar-refractivity contribution in [2.45, 2.75) is 6.92 Å². The molecule has 1 N–H and O–H groups in total. The van der Waals surface area contributed by atoms with Crippen LogP contribution in [0.5, 0.6) is 11.5 Å². The zero-order valence-electron chi connectivity index (χ0n) is 17.5. The van der Waals surface area contributed by atoms with Crippen molar-refractivity contribution in [3.05, 3.63) is 69.6 Å². The average molecular weight is 517 g/mol. The molecular weight excluding hydrogens is 496 g/mol. The first-order valence-electron chi connectivity index (χ1n) is 9.63. The molecule has 0 aliphatic carbocycles. The number of likely N-dealkylation sites (N-methyl/N-ethyl adjacent to an activating group) is 1. The minimum atomic E-state index is -1.00. The second kappa shape index (κ2) is 10.5. The molecule has 0 unspecified atom stereocenters. The summed E-state index contributed by atoms with van der Waals surface area (Å²) in [5.74, 6) is -0.0430. The van der Waals surface area contributed by atoms with Gasteiger partial charge in [0.25, 0.3) is 5.91 Å². The Morgan fingerprint density at radius 3 is 2.56 bits per heavy atom. The van der Waals surface area contributed by atoms with Crippen molar-refractivity contribution in [1.29, 1.82) is 0 Å². The van der Waals surface area contributed by atoms with Crippen LogP contribution in [0.1, 0.15) is 22.8 Å². The third-order valence-electron chi connectivity index (χ3n) is 4.35. The van der Waals surface area contributed by atoms with E-state index in [0.717, 1.165) is 10.0 Å². The predicted octanol–water partition coefficient (Wildman–Crippen LogP) is 5.34. The Morgan fingerprint density at radius 2 is 1.94 bits per heavy atom. The average Bonchev–Trinajstić information content (AvgIpc) is 3.03. The second-order valence-electron chi connectivity index (χ2n) is 6.57. The number of carboxylic acids is 1. The van der Waals surface area contributed by atoms with Crippen molar-refractivity contribution in [1.82, 2.24) is 4.90 Å². The Balaban J connectivity index is 1.90. The van der Waals surface area contributed by atoms with Gasteiger partial charge in [-0.1, -0.05) is 28.6 Å².